The molecule has 0 spiro atoms. The summed E-state index contributed by atoms with van der Waals surface area (Å²) in [6.07, 6.45) is 3.29. The van der Waals surface area contributed by atoms with Crippen LogP contribution in [0.2, 0.25) is 0 Å². The zero-order chi connectivity index (χ0) is 24.3. The van der Waals surface area contributed by atoms with E-state index in [2.05, 4.69) is 11.8 Å². The van der Waals surface area contributed by atoms with Crippen molar-refractivity contribution in [3.63, 3.8) is 0 Å². The smallest absolute Gasteiger partial charge is 0.335 e. The van der Waals surface area contributed by atoms with Crippen LogP contribution in [0.3, 0.4) is 0 Å². The van der Waals surface area contributed by atoms with Crippen molar-refractivity contribution in [2.24, 2.45) is 17.6 Å². The number of carbonyl (C=O) groups is 1. The molecule has 0 aromatic heterocycles. The molecular formula is C24H34N6O3S. The molecule has 2 aliphatic rings. The van der Waals surface area contributed by atoms with Crippen LogP contribution in [0, 0.1) is 17.2 Å². The van der Waals surface area contributed by atoms with Crippen molar-refractivity contribution in [3.05, 3.63) is 42.5 Å². The van der Waals surface area contributed by atoms with Gasteiger partial charge in [-0.25, -0.2) is 18.2 Å². The second-order valence-electron chi connectivity index (χ2n) is 9.48. The van der Waals surface area contributed by atoms with Crippen LogP contribution in [-0.2, 0) is 10.0 Å². The van der Waals surface area contributed by atoms with Gasteiger partial charge in [0, 0.05) is 32.7 Å². The van der Waals surface area contributed by atoms with Crippen molar-refractivity contribution >= 4 is 32.8 Å². The lowest BCUT2D eigenvalue weighted by molar-refractivity contribution is 0.111. The molecule has 9 nitrogen and oxygen atoms in total. The zero-order valence-corrected chi connectivity index (χ0v) is 20.4. The number of likely N-dealkylation sites (tertiary alicyclic amines) is 2. The molecule has 34 heavy (non-hydrogen) atoms. The molecule has 10 heteroatoms. The lowest BCUT2D eigenvalue weighted by Gasteiger charge is -2.38. The number of nitrogens with one attached hydrogen (secondary N) is 2. The third-order valence-corrected chi connectivity index (χ3v) is 8.28. The molecule has 4 rings (SSSR count). The van der Waals surface area contributed by atoms with E-state index in [1.54, 1.807) is 28.0 Å². The largest absolute Gasteiger partial charge is 0.370 e. The van der Waals surface area contributed by atoms with E-state index in [4.69, 9.17) is 11.1 Å². The number of nitrogens with zero attached hydrogens (tertiary/aromatic N) is 3. The Labute approximate surface area is 201 Å². The molecule has 0 saturated carbocycles. The number of guanidine groups is 1. The fraction of sp³-hybridized carbons (Fsp3) is 0.500. The van der Waals surface area contributed by atoms with Gasteiger partial charge in [-0.05, 0) is 60.4 Å². The molecule has 2 saturated heterocycles. The van der Waals surface area contributed by atoms with E-state index >= 15 is 0 Å². The Kier molecular flexibility index (Phi) is 7.27. The number of fused-ring (bicyclic) bond motifs is 1. The predicted octanol–water partition coefficient (Wildman–Crippen LogP) is 2.79. The third-order valence-electron chi connectivity index (χ3n) is 6.94. The van der Waals surface area contributed by atoms with Gasteiger partial charge in [0.2, 0.25) is 0 Å². The van der Waals surface area contributed by atoms with Crippen LogP contribution < -0.4 is 10.6 Å². The first-order valence-electron chi connectivity index (χ1n) is 11.9. The average Bonchev–Trinajstić information content (AvgIpc) is 2.83. The van der Waals surface area contributed by atoms with E-state index in [0.717, 1.165) is 36.5 Å². The molecule has 0 bridgehead atoms. The van der Waals surface area contributed by atoms with Crippen LogP contribution in [0.5, 0.6) is 0 Å². The molecular weight excluding hydrogens is 452 g/mol. The number of carbonyl (C=O) groups excluding carboxylic acids is 1. The number of sulfonamides is 1. The highest BCUT2D eigenvalue weighted by molar-refractivity contribution is 7.89. The minimum atomic E-state index is -3.96. The Morgan fingerprint density at radius 2 is 1.65 bits per heavy atom. The van der Waals surface area contributed by atoms with Crippen LogP contribution >= 0.6 is 0 Å². The van der Waals surface area contributed by atoms with Gasteiger partial charge in [-0.3, -0.25) is 5.41 Å². The fourth-order valence-corrected chi connectivity index (χ4v) is 5.75. The molecule has 2 amide bonds. The lowest BCUT2D eigenvalue weighted by atomic mass is 9.96. The summed E-state index contributed by atoms with van der Waals surface area (Å²) in [7, 11) is -3.96. The van der Waals surface area contributed by atoms with Crippen LogP contribution in [0.4, 0.5) is 4.79 Å². The zero-order valence-electron chi connectivity index (χ0n) is 19.6. The summed E-state index contributed by atoms with van der Waals surface area (Å²) in [6, 6.07) is 12.3. The second-order valence-corrected chi connectivity index (χ2v) is 11.1. The van der Waals surface area contributed by atoms with Crippen molar-refractivity contribution in [3.8, 4) is 0 Å². The van der Waals surface area contributed by atoms with E-state index in [9.17, 15) is 13.2 Å². The maximum absolute atomic E-state index is 13.4. The molecule has 0 aliphatic carbocycles. The fourth-order valence-electron chi connectivity index (χ4n) is 4.67. The first-order valence-corrected chi connectivity index (χ1v) is 13.4. The number of hydrazine groups is 1. The number of nitrogens with two attached hydrogens (primary N) is 1. The van der Waals surface area contributed by atoms with Gasteiger partial charge >= 0.3 is 6.03 Å². The number of benzene rings is 2. The van der Waals surface area contributed by atoms with E-state index in [1.165, 1.54) is 5.01 Å². The molecule has 2 aromatic carbocycles. The van der Waals surface area contributed by atoms with E-state index < -0.39 is 10.0 Å². The highest BCUT2D eigenvalue weighted by Gasteiger charge is 2.31. The third kappa shape index (κ3) is 5.61. The molecule has 2 aromatic rings. The van der Waals surface area contributed by atoms with Crippen molar-refractivity contribution in [2.45, 2.75) is 37.5 Å². The Bertz CT molecular complexity index is 1140. The number of amides is 2. The first kappa shape index (κ1) is 24.3. The van der Waals surface area contributed by atoms with Crippen molar-refractivity contribution in [1.29, 1.82) is 5.41 Å². The summed E-state index contributed by atoms with van der Waals surface area (Å²) in [5.41, 5.74) is 5.60. The van der Waals surface area contributed by atoms with Gasteiger partial charge in [0.05, 0.1) is 4.90 Å². The first-order chi connectivity index (χ1) is 16.2. The van der Waals surface area contributed by atoms with E-state index in [-0.39, 0.29) is 29.3 Å². The highest BCUT2D eigenvalue weighted by Crippen LogP contribution is 2.23. The molecule has 0 radical (unpaired) electrons. The summed E-state index contributed by atoms with van der Waals surface area (Å²) in [5, 5.41) is 10.7. The van der Waals surface area contributed by atoms with Gasteiger partial charge in [0.25, 0.3) is 10.0 Å². The molecule has 2 fully saturated rings. The van der Waals surface area contributed by atoms with Crippen LogP contribution in [0.15, 0.2) is 47.4 Å². The molecule has 4 N–H and O–H groups in total. The van der Waals surface area contributed by atoms with Gasteiger partial charge in [0.1, 0.15) is 0 Å². The van der Waals surface area contributed by atoms with Gasteiger partial charge in [0.15, 0.2) is 5.96 Å². The minimum absolute atomic E-state index is 0.0471. The van der Waals surface area contributed by atoms with Crippen LogP contribution in [0.1, 0.15) is 32.6 Å². The van der Waals surface area contributed by atoms with E-state index in [0.29, 0.717) is 32.1 Å². The van der Waals surface area contributed by atoms with Crippen molar-refractivity contribution in [2.75, 3.05) is 32.7 Å². The molecule has 0 atom stereocenters. The monoisotopic (exact) mass is 486 g/mol. The molecule has 2 heterocycles. The number of piperidine rings is 2. The van der Waals surface area contributed by atoms with Gasteiger partial charge in [-0.1, -0.05) is 37.3 Å². The summed E-state index contributed by atoms with van der Waals surface area (Å²) >= 11 is 0. The minimum Gasteiger partial charge on any atom is -0.370 e. The topological polar surface area (TPSA) is 123 Å². The normalized spacial score (nSPS) is 18.3. The maximum atomic E-state index is 13.4. The maximum Gasteiger partial charge on any atom is 0.335 e. The van der Waals surface area contributed by atoms with Gasteiger partial charge in [-0.15, -0.1) is 4.83 Å². The standard InChI is InChI=1S/C24H34N6O3S/c1-18-8-12-29(13-9-18)24(31)30(17-19-10-14-28(15-11-19)23(25)26)27-34(32,33)22-7-6-20-4-2-3-5-21(20)16-22/h2-7,16,18-19,27H,8-15,17H2,1H3,(H3,25,26). The Balaban J connectivity index is 1.53. The predicted molar refractivity (Wildman–Crippen MR) is 133 cm³/mol. The molecule has 184 valence electrons. The van der Waals surface area contributed by atoms with E-state index in [1.807, 2.05) is 24.3 Å². The summed E-state index contributed by atoms with van der Waals surface area (Å²) in [6.45, 7) is 4.95. The lowest BCUT2D eigenvalue weighted by Crippen LogP contribution is -2.55. The highest BCUT2D eigenvalue weighted by atomic mass is 32.2. The average molecular weight is 487 g/mol. The number of urea groups is 1. The van der Waals surface area contributed by atoms with Crippen LogP contribution in [-0.4, -0.2) is 67.9 Å². The second kappa shape index (κ2) is 10.2. The van der Waals surface area contributed by atoms with Gasteiger partial charge < -0.3 is 15.5 Å². The van der Waals surface area contributed by atoms with Crippen molar-refractivity contribution in [1.82, 2.24) is 19.6 Å². The summed E-state index contributed by atoms with van der Waals surface area (Å²) in [5.74, 6) is 0.719. The van der Waals surface area contributed by atoms with Crippen molar-refractivity contribution < 1.29 is 13.2 Å². The number of hydrogen-bond donors (Lipinski definition) is 3. The van der Waals surface area contributed by atoms with Crippen LogP contribution in [0.25, 0.3) is 10.8 Å². The summed E-state index contributed by atoms with van der Waals surface area (Å²) in [4.78, 5) is 19.7. The Morgan fingerprint density at radius 1 is 1.03 bits per heavy atom. The number of rotatable bonds is 5. The Morgan fingerprint density at radius 3 is 2.29 bits per heavy atom. The summed E-state index contributed by atoms with van der Waals surface area (Å²) < 4.78 is 26.7. The molecule has 0 unspecified atom stereocenters. The van der Waals surface area contributed by atoms with Gasteiger partial charge in [-0.2, -0.15) is 0 Å². The quantitative estimate of drug-likeness (QED) is 0.341. The number of hydrogen-bond acceptors (Lipinski definition) is 4. The Hall–Kier alpha value is -2.85. The molecule has 2 aliphatic heterocycles. The SMILES string of the molecule is CC1CCN(C(=O)N(CC2CCN(C(=N)N)CC2)NS(=O)(=O)c2ccc3ccccc3c2)CC1.